The van der Waals surface area contributed by atoms with Crippen LogP contribution in [0, 0.1) is 53.8 Å². The van der Waals surface area contributed by atoms with Crippen LogP contribution < -0.4 is 10.6 Å². The average Bonchev–Trinajstić information content (AvgIpc) is 3.61. The molecule has 5 heteroatoms. The SMILES string of the molecule is C1CCOC1.CC(CC(C)Nc1c(C(C)C)cccc1C(C)C)Nc1c(C(C)C)cccc1C(C)C.Cc1cc(C(C)(C)C)c(O)c(C(C)(C)C)c1.[Yb]. The predicted octanol–water partition coefficient (Wildman–Crippen LogP) is 14.0. The number of aryl methyl sites for hydroxylation is 1. The van der Waals surface area contributed by atoms with Crippen molar-refractivity contribution in [1.82, 2.24) is 0 Å². The van der Waals surface area contributed by atoms with Crippen molar-refractivity contribution < 1.29 is 56.8 Å². The summed E-state index contributed by atoms with van der Waals surface area (Å²) in [7, 11) is 0. The van der Waals surface area contributed by atoms with Crippen LogP contribution in [0.25, 0.3) is 0 Å². The molecule has 0 radical (unpaired) electrons. The fraction of sp³-hybridized carbons (Fsp3) is 0.625. The van der Waals surface area contributed by atoms with Gasteiger partial charge in [0, 0.05) is 83.6 Å². The van der Waals surface area contributed by atoms with Crippen molar-refractivity contribution in [1.29, 1.82) is 0 Å². The Balaban J connectivity index is 0.000000528. The van der Waals surface area contributed by atoms with Crippen LogP contribution in [0.3, 0.4) is 0 Å². The zero-order chi connectivity index (χ0) is 39.6. The van der Waals surface area contributed by atoms with Crippen molar-refractivity contribution in [3.05, 3.63) is 87.5 Å². The third-order valence-electron chi connectivity index (χ3n) is 9.93. The van der Waals surface area contributed by atoms with Crippen molar-refractivity contribution in [2.45, 2.75) is 184 Å². The summed E-state index contributed by atoms with van der Waals surface area (Å²) in [6.07, 6.45) is 3.62. The quantitative estimate of drug-likeness (QED) is 0.190. The molecule has 2 atom stereocenters. The van der Waals surface area contributed by atoms with Gasteiger partial charge in [0.05, 0.1) is 0 Å². The summed E-state index contributed by atoms with van der Waals surface area (Å²) in [5.74, 6) is 2.50. The molecule has 3 aromatic rings. The van der Waals surface area contributed by atoms with Crippen molar-refractivity contribution >= 4 is 11.4 Å². The summed E-state index contributed by atoms with van der Waals surface area (Å²) in [6.45, 7) is 39.8. The Morgan fingerprint density at radius 1 is 0.585 bits per heavy atom. The van der Waals surface area contributed by atoms with Gasteiger partial charge in [-0.05, 0) is 108 Å². The van der Waals surface area contributed by atoms with E-state index in [0.29, 0.717) is 41.5 Å². The van der Waals surface area contributed by atoms with E-state index in [0.717, 1.165) is 30.8 Å². The molecule has 0 aromatic heterocycles. The van der Waals surface area contributed by atoms with E-state index in [1.165, 1.54) is 52.0 Å². The minimum atomic E-state index is -0.0178. The minimum Gasteiger partial charge on any atom is -0.507 e. The van der Waals surface area contributed by atoms with Gasteiger partial charge in [0.15, 0.2) is 0 Å². The molecule has 1 aliphatic heterocycles. The van der Waals surface area contributed by atoms with E-state index in [2.05, 4.69) is 177 Å². The topological polar surface area (TPSA) is 53.5 Å². The molecule has 4 nitrogen and oxygen atoms in total. The third-order valence-corrected chi connectivity index (χ3v) is 9.93. The van der Waals surface area contributed by atoms with Gasteiger partial charge in [-0.2, -0.15) is 0 Å². The van der Waals surface area contributed by atoms with Gasteiger partial charge < -0.3 is 20.5 Å². The second kappa shape index (κ2) is 22.3. The first-order valence-electron chi connectivity index (χ1n) is 20.3. The second-order valence-corrected chi connectivity index (χ2v) is 18.6. The Morgan fingerprint density at radius 3 is 1.11 bits per heavy atom. The summed E-state index contributed by atoms with van der Waals surface area (Å²) < 4.78 is 4.94. The van der Waals surface area contributed by atoms with Gasteiger partial charge in [0.25, 0.3) is 0 Å². The normalized spacial score (nSPS) is 14.3. The molecule has 0 amide bonds. The summed E-state index contributed by atoms with van der Waals surface area (Å²) in [5.41, 5.74) is 11.6. The Bertz CT molecular complexity index is 1360. The number of aromatic hydroxyl groups is 1. The molecular formula is C48H78N2O2Yb. The summed E-state index contributed by atoms with van der Waals surface area (Å²) in [4.78, 5) is 0. The average molecular weight is 888 g/mol. The predicted molar refractivity (Wildman–Crippen MR) is 230 cm³/mol. The van der Waals surface area contributed by atoms with Crippen molar-refractivity contribution in [3.8, 4) is 5.75 Å². The molecule has 53 heavy (non-hydrogen) atoms. The fourth-order valence-corrected chi connectivity index (χ4v) is 7.01. The number of phenolic OH excluding ortho intramolecular Hbond substituents is 1. The molecule has 0 bridgehead atoms. The Labute approximate surface area is 365 Å². The number of hydrogen-bond donors (Lipinski definition) is 3. The zero-order valence-electron chi connectivity index (χ0n) is 36.7. The first-order valence-corrected chi connectivity index (χ1v) is 20.3. The van der Waals surface area contributed by atoms with Crippen LogP contribution in [-0.4, -0.2) is 30.4 Å². The number of hydrogen-bond acceptors (Lipinski definition) is 4. The molecule has 1 aliphatic rings. The van der Waals surface area contributed by atoms with E-state index < -0.39 is 0 Å². The van der Waals surface area contributed by atoms with Gasteiger partial charge in [0.2, 0.25) is 0 Å². The van der Waals surface area contributed by atoms with Crippen molar-refractivity contribution in [2.75, 3.05) is 23.8 Å². The van der Waals surface area contributed by atoms with Crippen LogP contribution in [0.15, 0.2) is 48.5 Å². The van der Waals surface area contributed by atoms with Crippen LogP contribution in [-0.2, 0) is 15.6 Å². The van der Waals surface area contributed by atoms with E-state index in [1.807, 2.05) is 0 Å². The molecule has 306 valence electrons. The van der Waals surface area contributed by atoms with Crippen molar-refractivity contribution in [2.24, 2.45) is 0 Å². The van der Waals surface area contributed by atoms with E-state index in [1.54, 1.807) is 0 Å². The first-order chi connectivity index (χ1) is 24.1. The molecular weight excluding hydrogens is 810 g/mol. The molecule has 0 spiro atoms. The number of phenols is 1. The second-order valence-electron chi connectivity index (χ2n) is 18.6. The summed E-state index contributed by atoms with van der Waals surface area (Å²) in [5, 5.41) is 18.2. The largest absolute Gasteiger partial charge is 0.507 e. The van der Waals surface area contributed by atoms with Gasteiger partial charge in [-0.3, -0.25) is 0 Å². The van der Waals surface area contributed by atoms with Gasteiger partial charge in [-0.1, -0.05) is 151 Å². The van der Waals surface area contributed by atoms with Crippen molar-refractivity contribution in [3.63, 3.8) is 0 Å². The van der Waals surface area contributed by atoms with Gasteiger partial charge >= 0.3 is 0 Å². The number of anilines is 2. The smallest absolute Gasteiger partial charge is 0.123 e. The van der Waals surface area contributed by atoms with E-state index >= 15 is 0 Å². The summed E-state index contributed by atoms with van der Waals surface area (Å²) >= 11 is 0. The van der Waals surface area contributed by atoms with Gasteiger partial charge in [0.1, 0.15) is 5.75 Å². The van der Waals surface area contributed by atoms with Gasteiger partial charge in [-0.25, -0.2) is 0 Å². The molecule has 3 aromatic carbocycles. The first kappa shape index (κ1) is 49.6. The number of para-hydroxylation sites is 2. The standard InChI is InChI=1S/C29H46N2.C15H24O.C4H8O.Yb/c1-18(2)24-13-11-14-25(19(3)4)28(24)30-22(9)17-23(10)31-29-26(20(5)6)15-12-16-27(29)21(7)8;1-10-8-11(14(2,3)4)13(16)12(9-10)15(5,6)7;1-2-4-5-3-1;/h11-16,18-23,30-31H,17H2,1-10H3;8-9,16H,1-7H3;1-4H2;. The number of benzene rings is 3. The van der Waals surface area contributed by atoms with Crippen LogP contribution in [0.5, 0.6) is 5.75 Å². The molecule has 3 N–H and O–H groups in total. The van der Waals surface area contributed by atoms with Crippen LogP contribution in [0.4, 0.5) is 11.4 Å². The minimum absolute atomic E-state index is 0. The number of ether oxygens (including phenoxy) is 1. The van der Waals surface area contributed by atoms with E-state index in [9.17, 15) is 5.11 Å². The fourth-order valence-electron chi connectivity index (χ4n) is 7.01. The monoisotopic (exact) mass is 889 g/mol. The van der Waals surface area contributed by atoms with E-state index in [-0.39, 0.29) is 57.8 Å². The Hall–Kier alpha value is -1.46. The number of nitrogens with one attached hydrogen (secondary N) is 2. The maximum atomic E-state index is 10.4. The maximum Gasteiger partial charge on any atom is 0.123 e. The molecule has 1 fully saturated rings. The molecule has 0 aliphatic carbocycles. The Kier molecular flexibility index (Phi) is 20.9. The summed E-state index contributed by atoms with van der Waals surface area (Å²) in [6, 6.07) is 18.5. The van der Waals surface area contributed by atoms with E-state index in [4.69, 9.17) is 4.74 Å². The molecule has 2 unspecified atom stereocenters. The van der Waals surface area contributed by atoms with Gasteiger partial charge in [-0.15, -0.1) is 0 Å². The molecule has 1 saturated heterocycles. The number of rotatable bonds is 10. The maximum absolute atomic E-state index is 10.4. The van der Waals surface area contributed by atoms with Crippen LogP contribution in [0.2, 0.25) is 0 Å². The zero-order valence-corrected chi connectivity index (χ0v) is 38.5. The third kappa shape index (κ3) is 15.5. The molecule has 4 rings (SSSR count). The van der Waals surface area contributed by atoms with Crippen LogP contribution in [0.1, 0.15) is 193 Å². The molecule has 0 saturated carbocycles. The molecule has 1 heterocycles. The van der Waals surface area contributed by atoms with Crippen LogP contribution >= 0.6 is 0 Å². The Morgan fingerprint density at radius 2 is 0.887 bits per heavy atom.